The van der Waals surface area contributed by atoms with Crippen molar-refractivity contribution in [2.75, 3.05) is 6.61 Å². The van der Waals surface area contributed by atoms with E-state index in [0.29, 0.717) is 17.3 Å². The molecule has 0 saturated carbocycles. The Labute approximate surface area is 116 Å². The molecule has 2 aromatic rings. The highest BCUT2D eigenvalue weighted by atomic mass is 35.5. The van der Waals surface area contributed by atoms with Gasteiger partial charge in [-0.3, -0.25) is 9.78 Å². The Morgan fingerprint density at radius 1 is 1.37 bits per heavy atom. The lowest BCUT2D eigenvalue weighted by Crippen LogP contribution is -2.06. The number of benzene rings is 1. The molecule has 0 amide bonds. The molecule has 4 heteroatoms. The molecule has 19 heavy (non-hydrogen) atoms. The van der Waals surface area contributed by atoms with Gasteiger partial charge in [0.1, 0.15) is 11.4 Å². The molecule has 0 saturated heterocycles. The van der Waals surface area contributed by atoms with Gasteiger partial charge in [0.05, 0.1) is 6.61 Å². The molecule has 1 aliphatic heterocycles. The van der Waals surface area contributed by atoms with Gasteiger partial charge in [-0.2, -0.15) is 0 Å². The largest absolute Gasteiger partial charge is 0.493 e. The van der Waals surface area contributed by atoms with Crippen LogP contribution in [0.25, 0.3) is 0 Å². The molecule has 0 radical (unpaired) electrons. The van der Waals surface area contributed by atoms with E-state index in [4.69, 9.17) is 16.3 Å². The Bertz CT molecular complexity index is 626. The third-order valence-electron chi connectivity index (χ3n) is 3.13. The third-order valence-corrected chi connectivity index (χ3v) is 3.35. The molecule has 96 valence electrons. The number of fused-ring (bicyclic) bond motifs is 1. The number of rotatable bonds is 3. The fraction of sp³-hybridized carbons (Fsp3) is 0.200. The highest BCUT2D eigenvalue weighted by molar-refractivity contribution is 6.30. The van der Waals surface area contributed by atoms with Crippen LogP contribution < -0.4 is 4.74 Å². The summed E-state index contributed by atoms with van der Waals surface area (Å²) in [5.74, 6) is 0.786. The van der Waals surface area contributed by atoms with Crippen LogP contribution in [0.5, 0.6) is 5.75 Å². The zero-order chi connectivity index (χ0) is 13.2. The van der Waals surface area contributed by atoms with Crippen molar-refractivity contribution in [1.29, 1.82) is 0 Å². The molecule has 0 atom stereocenters. The Balaban J connectivity index is 1.90. The highest BCUT2D eigenvalue weighted by Crippen LogP contribution is 2.33. The first-order valence-electron chi connectivity index (χ1n) is 6.12. The molecule has 0 aliphatic carbocycles. The zero-order valence-corrected chi connectivity index (χ0v) is 11.0. The van der Waals surface area contributed by atoms with Crippen molar-refractivity contribution >= 4 is 17.4 Å². The molecule has 0 bridgehead atoms. The lowest BCUT2D eigenvalue weighted by atomic mass is 10.0. The number of ether oxygens (including phenoxy) is 1. The topological polar surface area (TPSA) is 39.2 Å². The normalized spacial score (nSPS) is 12.9. The van der Waals surface area contributed by atoms with E-state index in [1.807, 2.05) is 6.07 Å². The number of Topliss-reactive ketones (excluding diaryl/α,β-unsaturated/α-hetero) is 1. The first kappa shape index (κ1) is 12.2. The summed E-state index contributed by atoms with van der Waals surface area (Å²) in [5.41, 5.74) is 2.39. The molecule has 0 fully saturated rings. The van der Waals surface area contributed by atoms with Gasteiger partial charge in [-0.05, 0) is 29.8 Å². The molecule has 0 unspecified atom stereocenters. The van der Waals surface area contributed by atoms with Crippen LogP contribution in [0.2, 0.25) is 5.02 Å². The van der Waals surface area contributed by atoms with Gasteiger partial charge >= 0.3 is 0 Å². The molecule has 0 N–H and O–H groups in total. The van der Waals surface area contributed by atoms with Crippen LogP contribution in [0, 0.1) is 0 Å². The second kappa shape index (κ2) is 5.02. The van der Waals surface area contributed by atoms with Gasteiger partial charge in [0.15, 0.2) is 5.78 Å². The average Bonchev–Trinajstić information content (AvgIpc) is 2.88. The summed E-state index contributed by atoms with van der Waals surface area (Å²) in [4.78, 5) is 16.2. The number of carbonyl (C=O) groups excluding carboxylic acids is 1. The predicted molar refractivity (Wildman–Crippen MR) is 72.9 cm³/mol. The number of ketones is 1. The van der Waals surface area contributed by atoms with E-state index in [2.05, 4.69) is 4.98 Å². The molecular formula is C15H12ClNO2. The van der Waals surface area contributed by atoms with Gasteiger partial charge < -0.3 is 4.74 Å². The molecule has 1 aromatic heterocycles. The van der Waals surface area contributed by atoms with E-state index in [0.717, 1.165) is 23.3 Å². The van der Waals surface area contributed by atoms with E-state index >= 15 is 0 Å². The van der Waals surface area contributed by atoms with Crippen molar-refractivity contribution < 1.29 is 9.53 Å². The molecule has 1 aliphatic rings. The van der Waals surface area contributed by atoms with E-state index in [9.17, 15) is 4.79 Å². The van der Waals surface area contributed by atoms with E-state index < -0.39 is 0 Å². The van der Waals surface area contributed by atoms with Gasteiger partial charge in [0.2, 0.25) is 0 Å². The van der Waals surface area contributed by atoms with Crippen molar-refractivity contribution in [2.24, 2.45) is 0 Å². The highest BCUT2D eigenvalue weighted by Gasteiger charge is 2.20. The lowest BCUT2D eigenvalue weighted by Gasteiger charge is -2.08. The van der Waals surface area contributed by atoms with Crippen LogP contribution in [0.3, 0.4) is 0 Å². The van der Waals surface area contributed by atoms with Crippen LogP contribution in [0.15, 0.2) is 36.5 Å². The second-order valence-electron chi connectivity index (χ2n) is 4.47. The number of nitrogens with zero attached hydrogens (tertiary/aromatic N) is 1. The Morgan fingerprint density at radius 2 is 2.26 bits per heavy atom. The van der Waals surface area contributed by atoms with Crippen LogP contribution in [-0.2, 0) is 12.8 Å². The fourth-order valence-electron chi connectivity index (χ4n) is 2.27. The van der Waals surface area contributed by atoms with Crippen LogP contribution in [-0.4, -0.2) is 17.4 Å². The number of hydrogen-bond acceptors (Lipinski definition) is 3. The van der Waals surface area contributed by atoms with Crippen molar-refractivity contribution in [2.45, 2.75) is 12.8 Å². The molecule has 1 aromatic carbocycles. The van der Waals surface area contributed by atoms with Crippen LogP contribution in [0.4, 0.5) is 0 Å². The Morgan fingerprint density at radius 3 is 3.05 bits per heavy atom. The predicted octanol–water partition coefficient (Wildman–Crippen LogP) is 3.10. The summed E-state index contributed by atoms with van der Waals surface area (Å²) in [6, 6.07) is 9.01. The minimum atomic E-state index is -0.0273. The minimum absolute atomic E-state index is 0.0273. The summed E-state index contributed by atoms with van der Waals surface area (Å²) in [6.07, 6.45) is 2.73. The monoisotopic (exact) mass is 273 g/mol. The lowest BCUT2D eigenvalue weighted by molar-refractivity contribution is 0.0987. The number of carbonyl (C=O) groups is 1. The van der Waals surface area contributed by atoms with Gasteiger partial charge in [0, 0.05) is 29.6 Å². The molecule has 0 spiro atoms. The van der Waals surface area contributed by atoms with E-state index in [1.165, 1.54) is 0 Å². The van der Waals surface area contributed by atoms with E-state index in [-0.39, 0.29) is 12.2 Å². The molecule has 3 nitrogen and oxygen atoms in total. The zero-order valence-electron chi connectivity index (χ0n) is 10.2. The van der Waals surface area contributed by atoms with Crippen molar-refractivity contribution in [3.63, 3.8) is 0 Å². The maximum atomic E-state index is 12.2. The third kappa shape index (κ3) is 2.47. The summed E-state index contributed by atoms with van der Waals surface area (Å²) < 4.78 is 5.59. The quantitative estimate of drug-likeness (QED) is 0.807. The van der Waals surface area contributed by atoms with Gasteiger partial charge in [0.25, 0.3) is 0 Å². The molecule has 3 rings (SSSR count). The first-order valence-corrected chi connectivity index (χ1v) is 6.50. The van der Waals surface area contributed by atoms with Crippen molar-refractivity contribution in [3.8, 4) is 5.75 Å². The number of hydrogen-bond donors (Lipinski definition) is 0. The van der Waals surface area contributed by atoms with Crippen LogP contribution in [0.1, 0.15) is 21.6 Å². The maximum Gasteiger partial charge on any atom is 0.185 e. The number of halogens is 1. The second-order valence-corrected chi connectivity index (χ2v) is 4.90. The molecular weight excluding hydrogens is 262 g/mol. The summed E-state index contributed by atoms with van der Waals surface area (Å²) >= 11 is 6.08. The average molecular weight is 274 g/mol. The summed E-state index contributed by atoms with van der Waals surface area (Å²) in [5, 5.41) is 0.646. The standard InChI is InChI=1S/C15H12ClNO2/c16-12-7-10-4-6-19-15(10)11(8-12)9-14(18)13-3-1-2-5-17-13/h1-3,5,7-8H,4,6,9H2. The number of aromatic nitrogens is 1. The minimum Gasteiger partial charge on any atom is -0.493 e. The molecule has 2 heterocycles. The summed E-state index contributed by atoms with van der Waals surface area (Å²) in [7, 11) is 0. The first-order chi connectivity index (χ1) is 9.24. The maximum absolute atomic E-state index is 12.2. The fourth-order valence-corrected chi connectivity index (χ4v) is 2.53. The van der Waals surface area contributed by atoms with E-state index in [1.54, 1.807) is 30.5 Å². The number of pyridine rings is 1. The summed E-state index contributed by atoms with van der Waals surface area (Å²) in [6.45, 7) is 0.653. The smallest absolute Gasteiger partial charge is 0.185 e. The Kier molecular flexibility index (Phi) is 3.22. The van der Waals surface area contributed by atoms with Gasteiger partial charge in [-0.25, -0.2) is 0 Å². The van der Waals surface area contributed by atoms with Gasteiger partial charge in [-0.15, -0.1) is 0 Å². The van der Waals surface area contributed by atoms with Crippen molar-refractivity contribution in [1.82, 2.24) is 4.98 Å². The van der Waals surface area contributed by atoms with Gasteiger partial charge in [-0.1, -0.05) is 17.7 Å². The SMILES string of the molecule is O=C(Cc1cc(Cl)cc2c1OCC2)c1ccccn1. The van der Waals surface area contributed by atoms with Crippen molar-refractivity contribution in [3.05, 3.63) is 58.4 Å². The van der Waals surface area contributed by atoms with Crippen LogP contribution >= 0.6 is 11.6 Å². The Hall–Kier alpha value is -1.87.